The van der Waals surface area contributed by atoms with Gasteiger partial charge in [0.2, 0.25) is 0 Å². The van der Waals surface area contributed by atoms with Crippen molar-refractivity contribution in [2.24, 2.45) is 0 Å². The van der Waals surface area contributed by atoms with E-state index in [1.807, 2.05) is 0 Å². The standard InChI is InChI=1S/C19H16N2O6S/c1-26-17-7-3-2-6-16(17)20-28(24,25)19-9-5-4-8-18(19)27-15-12-10-14(11-13-15)21(22)23/h2-13,20H,1H3. The number of ether oxygens (including phenoxy) is 2. The molecule has 0 aliphatic carbocycles. The van der Waals surface area contributed by atoms with Crippen molar-refractivity contribution in [3.8, 4) is 17.2 Å². The molecular weight excluding hydrogens is 384 g/mol. The lowest BCUT2D eigenvalue weighted by molar-refractivity contribution is -0.384. The fourth-order valence-electron chi connectivity index (χ4n) is 2.45. The van der Waals surface area contributed by atoms with Gasteiger partial charge in [-0.05, 0) is 36.4 Å². The number of hydrogen-bond donors (Lipinski definition) is 1. The second-order valence-corrected chi connectivity index (χ2v) is 7.26. The number of nitrogens with one attached hydrogen (secondary N) is 1. The first-order valence-electron chi connectivity index (χ1n) is 8.08. The van der Waals surface area contributed by atoms with E-state index in [9.17, 15) is 18.5 Å². The maximum atomic E-state index is 12.9. The summed E-state index contributed by atoms with van der Waals surface area (Å²) in [6, 6.07) is 18.1. The third-order valence-corrected chi connectivity index (χ3v) is 5.17. The zero-order valence-corrected chi connectivity index (χ0v) is 15.5. The Kier molecular flexibility index (Phi) is 5.46. The highest BCUT2D eigenvalue weighted by molar-refractivity contribution is 7.92. The van der Waals surface area contributed by atoms with Crippen molar-refractivity contribution in [2.45, 2.75) is 4.90 Å². The predicted molar refractivity (Wildman–Crippen MR) is 103 cm³/mol. The molecule has 0 bridgehead atoms. The van der Waals surface area contributed by atoms with Gasteiger partial charge in [-0.1, -0.05) is 24.3 Å². The number of benzene rings is 3. The largest absolute Gasteiger partial charge is 0.495 e. The summed E-state index contributed by atoms with van der Waals surface area (Å²) >= 11 is 0. The minimum Gasteiger partial charge on any atom is -0.495 e. The molecule has 0 atom stereocenters. The van der Waals surface area contributed by atoms with Crippen LogP contribution < -0.4 is 14.2 Å². The molecule has 0 heterocycles. The molecule has 0 radical (unpaired) electrons. The lowest BCUT2D eigenvalue weighted by atomic mass is 10.3. The number of non-ortho nitro benzene ring substituents is 1. The molecule has 0 spiro atoms. The molecule has 9 heteroatoms. The van der Waals surface area contributed by atoms with Crippen molar-refractivity contribution in [1.82, 2.24) is 0 Å². The van der Waals surface area contributed by atoms with E-state index in [0.29, 0.717) is 5.75 Å². The van der Waals surface area contributed by atoms with Gasteiger partial charge in [0.1, 0.15) is 22.1 Å². The Hall–Kier alpha value is -3.59. The Labute approximate surface area is 161 Å². The van der Waals surface area contributed by atoms with Gasteiger partial charge in [-0.15, -0.1) is 0 Å². The van der Waals surface area contributed by atoms with E-state index in [1.54, 1.807) is 36.4 Å². The maximum Gasteiger partial charge on any atom is 0.269 e. The first-order chi connectivity index (χ1) is 13.4. The van der Waals surface area contributed by atoms with Crippen LogP contribution in [0.3, 0.4) is 0 Å². The molecule has 0 aliphatic rings. The summed E-state index contributed by atoms with van der Waals surface area (Å²) in [4.78, 5) is 10.1. The minimum atomic E-state index is -3.98. The van der Waals surface area contributed by atoms with Crippen molar-refractivity contribution >= 4 is 21.4 Å². The fourth-order valence-corrected chi connectivity index (χ4v) is 3.65. The Balaban J connectivity index is 1.91. The van der Waals surface area contributed by atoms with E-state index in [2.05, 4.69) is 4.72 Å². The van der Waals surface area contributed by atoms with Gasteiger partial charge in [-0.3, -0.25) is 14.8 Å². The molecule has 0 aromatic heterocycles. The van der Waals surface area contributed by atoms with E-state index < -0.39 is 14.9 Å². The average Bonchev–Trinajstić information content (AvgIpc) is 2.69. The molecular formula is C19H16N2O6S. The van der Waals surface area contributed by atoms with Crippen LogP contribution in [0.5, 0.6) is 17.2 Å². The molecule has 3 aromatic carbocycles. The first-order valence-corrected chi connectivity index (χ1v) is 9.56. The van der Waals surface area contributed by atoms with Gasteiger partial charge in [-0.2, -0.15) is 0 Å². The topological polar surface area (TPSA) is 108 Å². The highest BCUT2D eigenvalue weighted by Crippen LogP contribution is 2.32. The number of anilines is 1. The molecule has 0 aliphatic heterocycles. The molecule has 0 fully saturated rings. The Morgan fingerprint density at radius 2 is 1.50 bits per heavy atom. The van der Waals surface area contributed by atoms with Crippen molar-refractivity contribution in [1.29, 1.82) is 0 Å². The zero-order valence-electron chi connectivity index (χ0n) is 14.7. The van der Waals surface area contributed by atoms with Gasteiger partial charge in [0.05, 0.1) is 17.7 Å². The number of para-hydroxylation sites is 3. The smallest absolute Gasteiger partial charge is 0.269 e. The maximum absolute atomic E-state index is 12.9. The van der Waals surface area contributed by atoms with E-state index >= 15 is 0 Å². The van der Waals surface area contributed by atoms with E-state index in [4.69, 9.17) is 9.47 Å². The van der Waals surface area contributed by atoms with Crippen LogP contribution in [0.1, 0.15) is 0 Å². The molecule has 0 amide bonds. The number of nitro groups is 1. The number of nitro benzene ring substituents is 1. The molecule has 8 nitrogen and oxygen atoms in total. The highest BCUT2D eigenvalue weighted by atomic mass is 32.2. The molecule has 3 aromatic rings. The van der Waals surface area contributed by atoms with Crippen LogP contribution in [0.25, 0.3) is 0 Å². The van der Waals surface area contributed by atoms with Gasteiger partial charge in [-0.25, -0.2) is 8.42 Å². The summed E-state index contributed by atoms with van der Waals surface area (Å²) in [7, 11) is -2.54. The summed E-state index contributed by atoms with van der Waals surface area (Å²) in [5.41, 5.74) is 0.196. The summed E-state index contributed by atoms with van der Waals surface area (Å²) in [6.45, 7) is 0. The average molecular weight is 400 g/mol. The zero-order chi connectivity index (χ0) is 20.1. The minimum absolute atomic E-state index is 0.0822. The molecule has 0 saturated carbocycles. The summed E-state index contributed by atoms with van der Waals surface area (Å²) in [5, 5.41) is 10.7. The van der Waals surface area contributed by atoms with Crippen LogP contribution in [0.4, 0.5) is 11.4 Å². The van der Waals surface area contributed by atoms with E-state index in [-0.39, 0.29) is 27.8 Å². The number of nitrogens with zero attached hydrogens (tertiary/aromatic N) is 1. The number of methoxy groups -OCH3 is 1. The summed E-state index contributed by atoms with van der Waals surface area (Å²) < 4.78 is 39.1. The lowest BCUT2D eigenvalue weighted by Gasteiger charge is -2.14. The first kappa shape index (κ1) is 19.2. The van der Waals surface area contributed by atoms with Crippen molar-refractivity contribution in [3.05, 3.63) is 82.9 Å². The predicted octanol–water partition coefficient (Wildman–Crippen LogP) is 4.20. The van der Waals surface area contributed by atoms with Gasteiger partial charge in [0, 0.05) is 12.1 Å². The third kappa shape index (κ3) is 4.21. The van der Waals surface area contributed by atoms with Crippen LogP contribution in [-0.2, 0) is 10.0 Å². The molecule has 28 heavy (non-hydrogen) atoms. The van der Waals surface area contributed by atoms with Crippen molar-refractivity contribution < 1.29 is 22.8 Å². The SMILES string of the molecule is COc1ccccc1NS(=O)(=O)c1ccccc1Oc1ccc([N+](=O)[O-])cc1. The monoisotopic (exact) mass is 400 g/mol. The fraction of sp³-hybridized carbons (Fsp3) is 0.0526. The number of rotatable bonds is 7. The molecule has 1 N–H and O–H groups in total. The Morgan fingerprint density at radius 1 is 0.893 bits per heavy atom. The van der Waals surface area contributed by atoms with Crippen molar-refractivity contribution in [3.63, 3.8) is 0 Å². The second-order valence-electron chi connectivity index (χ2n) is 5.61. The van der Waals surface area contributed by atoms with Crippen LogP contribution in [0, 0.1) is 10.1 Å². The molecule has 0 unspecified atom stereocenters. The molecule has 0 saturated heterocycles. The van der Waals surface area contributed by atoms with Crippen LogP contribution in [-0.4, -0.2) is 20.5 Å². The van der Waals surface area contributed by atoms with Crippen LogP contribution in [0.15, 0.2) is 77.7 Å². The Bertz CT molecular complexity index is 1100. The van der Waals surface area contributed by atoms with Gasteiger partial charge >= 0.3 is 0 Å². The van der Waals surface area contributed by atoms with Crippen LogP contribution in [0.2, 0.25) is 0 Å². The van der Waals surface area contributed by atoms with Gasteiger partial charge < -0.3 is 9.47 Å². The molecule has 3 rings (SSSR count). The quantitative estimate of drug-likeness (QED) is 0.470. The number of hydrogen-bond acceptors (Lipinski definition) is 6. The Morgan fingerprint density at radius 3 is 2.14 bits per heavy atom. The second kappa shape index (κ2) is 7.97. The molecule has 144 valence electrons. The summed E-state index contributed by atoms with van der Waals surface area (Å²) in [6.07, 6.45) is 0. The van der Waals surface area contributed by atoms with Gasteiger partial charge in [0.15, 0.2) is 0 Å². The van der Waals surface area contributed by atoms with Gasteiger partial charge in [0.25, 0.3) is 15.7 Å². The summed E-state index contributed by atoms with van der Waals surface area (Å²) in [5.74, 6) is 0.726. The van der Waals surface area contributed by atoms with Crippen LogP contribution >= 0.6 is 0 Å². The van der Waals surface area contributed by atoms with E-state index in [1.165, 1.54) is 43.5 Å². The highest BCUT2D eigenvalue weighted by Gasteiger charge is 2.21. The normalized spacial score (nSPS) is 10.9. The van der Waals surface area contributed by atoms with E-state index in [0.717, 1.165) is 0 Å². The van der Waals surface area contributed by atoms with Crippen molar-refractivity contribution in [2.75, 3.05) is 11.8 Å². The lowest BCUT2D eigenvalue weighted by Crippen LogP contribution is -2.14. The number of sulfonamides is 1. The third-order valence-electron chi connectivity index (χ3n) is 3.77.